The summed E-state index contributed by atoms with van der Waals surface area (Å²) >= 11 is 0. The van der Waals surface area contributed by atoms with Crippen molar-refractivity contribution in [1.82, 2.24) is 15.6 Å². The van der Waals surface area contributed by atoms with Crippen molar-refractivity contribution in [1.29, 1.82) is 0 Å². The molecule has 1 amide bonds. The molecule has 2 aromatic rings. The summed E-state index contributed by atoms with van der Waals surface area (Å²) in [6.07, 6.45) is 1.33. The number of benzene rings is 1. The first kappa shape index (κ1) is 17.2. The highest BCUT2D eigenvalue weighted by Gasteiger charge is 2.27. The molecule has 1 saturated heterocycles. The Balaban J connectivity index is 1.66. The fourth-order valence-electron chi connectivity index (χ4n) is 2.52. The third-order valence-electron chi connectivity index (χ3n) is 3.83. The van der Waals surface area contributed by atoms with Crippen molar-refractivity contribution in [2.75, 3.05) is 6.54 Å². The molecule has 0 saturated carbocycles. The van der Waals surface area contributed by atoms with Gasteiger partial charge in [0.1, 0.15) is 5.75 Å². The molecule has 25 heavy (non-hydrogen) atoms. The van der Waals surface area contributed by atoms with Crippen LogP contribution in [-0.4, -0.2) is 34.7 Å². The number of aliphatic hydroxyl groups is 1. The van der Waals surface area contributed by atoms with E-state index in [1.807, 2.05) is 0 Å². The number of ether oxygens (including phenoxy) is 1. The maximum absolute atomic E-state index is 13.3. The average molecular weight is 349 g/mol. The van der Waals surface area contributed by atoms with E-state index < -0.39 is 23.8 Å². The third kappa shape index (κ3) is 4.28. The molecule has 2 atom stereocenters. The summed E-state index contributed by atoms with van der Waals surface area (Å²) in [6, 6.07) is 6.13. The van der Waals surface area contributed by atoms with Gasteiger partial charge in [0.2, 0.25) is 11.8 Å². The van der Waals surface area contributed by atoms with Gasteiger partial charge in [-0.2, -0.15) is 0 Å². The van der Waals surface area contributed by atoms with Crippen LogP contribution in [0.1, 0.15) is 12.0 Å². The van der Waals surface area contributed by atoms with E-state index in [0.29, 0.717) is 18.5 Å². The highest BCUT2D eigenvalue weighted by atomic mass is 19.2. The molecule has 0 radical (unpaired) electrons. The predicted molar refractivity (Wildman–Crippen MR) is 84.9 cm³/mol. The van der Waals surface area contributed by atoms with Crippen LogP contribution >= 0.6 is 0 Å². The topological polar surface area (TPSA) is 83.5 Å². The van der Waals surface area contributed by atoms with Gasteiger partial charge >= 0.3 is 0 Å². The van der Waals surface area contributed by atoms with Crippen LogP contribution < -0.4 is 15.4 Å². The van der Waals surface area contributed by atoms with E-state index in [4.69, 9.17) is 4.74 Å². The number of rotatable bonds is 5. The van der Waals surface area contributed by atoms with E-state index in [1.54, 1.807) is 12.1 Å². The van der Waals surface area contributed by atoms with Crippen molar-refractivity contribution < 1.29 is 23.4 Å². The molecule has 3 rings (SSSR count). The molecule has 6 nitrogen and oxygen atoms in total. The smallest absolute Gasteiger partial charge is 0.237 e. The lowest BCUT2D eigenvalue weighted by Crippen LogP contribution is -2.40. The second-order valence-corrected chi connectivity index (χ2v) is 5.71. The summed E-state index contributed by atoms with van der Waals surface area (Å²) in [5, 5.41) is 15.1. The Morgan fingerprint density at radius 2 is 2.20 bits per heavy atom. The Labute approximate surface area is 142 Å². The number of amides is 1. The van der Waals surface area contributed by atoms with Gasteiger partial charge in [-0.3, -0.25) is 4.79 Å². The van der Waals surface area contributed by atoms with Crippen molar-refractivity contribution >= 4 is 5.91 Å². The first-order valence-electron chi connectivity index (χ1n) is 7.79. The normalized spacial score (nSPS) is 19.6. The Morgan fingerprint density at radius 1 is 1.36 bits per heavy atom. The Bertz CT molecular complexity index is 773. The van der Waals surface area contributed by atoms with Crippen molar-refractivity contribution in [3.8, 4) is 11.6 Å². The fourth-order valence-corrected chi connectivity index (χ4v) is 2.52. The Kier molecular flexibility index (Phi) is 5.20. The Morgan fingerprint density at radius 3 is 2.92 bits per heavy atom. The average Bonchev–Trinajstić information content (AvgIpc) is 3.04. The number of carbonyl (C=O) groups is 1. The zero-order valence-electron chi connectivity index (χ0n) is 13.2. The fraction of sp³-hybridized carbons (Fsp3) is 0.294. The lowest BCUT2D eigenvalue weighted by atomic mass is 10.2. The second-order valence-electron chi connectivity index (χ2n) is 5.71. The summed E-state index contributed by atoms with van der Waals surface area (Å²) in [5.41, 5.74) is 0.583. The lowest BCUT2D eigenvalue weighted by molar-refractivity contribution is -0.123. The van der Waals surface area contributed by atoms with Crippen LogP contribution in [0.15, 0.2) is 36.5 Å². The molecule has 1 aliphatic heterocycles. The van der Waals surface area contributed by atoms with Crippen molar-refractivity contribution in [2.45, 2.75) is 25.1 Å². The van der Waals surface area contributed by atoms with Gasteiger partial charge in [-0.15, -0.1) is 0 Å². The van der Waals surface area contributed by atoms with Crippen LogP contribution in [-0.2, 0) is 11.3 Å². The number of β-amino-alcohol motifs (C(OH)–C–C–N with tert-alkyl or cyclic N) is 1. The van der Waals surface area contributed by atoms with Crippen LogP contribution in [0.4, 0.5) is 8.78 Å². The van der Waals surface area contributed by atoms with Crippen LogP contribution in [0.3, 0.4) is 0 Å². The first-order chi connectivity index (χ1) is 12.0. The molecule has 8 heteroatoms. The standard InChI is InChI=1S/C17H17F2N3O3/c18-13-4-3-12(7-14(13)19)25-17-10(2-1-5-20-17)8-22-16(24)15-6-11(23)9-21-15/h1-5,7,11,15,21,23H,6,8-9H2,(H,22,24)/t11-,15+/m1/s1. The van der Waals surface area contributed by atoms with Gasteiger partial charge in [0.05, 0.1) is 12.1 Å². The van der Waals surface area contributed by atoms with Crippen molar-refractivity contribution in [2.24, 2.45) is 0 Å². The Hall–Kier alpha value is -2.58. The summed E-state index contributed by atoms with van der Waals surface area (Å²) < 4.78 is 31.8. The van der Waals surface area contributed by atoms with Crippen LogP contribution in [0.25, 0.3) is 0 Å². The molecule has 0 bridgehead atoms. The van der Waals surface area contributed by atoms with E-state index in [0.717, 1.165) is 12.1 Å². The summed E-state index contributed by atoms with van der Waals surface area (Å²) in [7, 11) is 0. The first-order valence-corrected chi connectivity index (χ1v) is 7.79. The van der Waals surface area contributed by atoms with Gasteiger partial charge in [-0.05, 0) is 24.6 Å². The summed E-state index contributed by atoms with van der Waals surface area (Å²) in [4.78, 5) is 16.1. The van der Waals surface area contributed by atoms with Gasteiger partial charge in [-0.1, -0.05) is 6.07 Å². The molecular formula is C17H17F2N3O3. The minimum absolute atomic E-state index is 0.103. The molecule has 1 fully saturated rings. The van der Waals surface area contributed by atoms with Crippen LogP contribution in [0.2, 0.25) is 0 Å². The highest BCUT2D eigenvalue weighted by molar-refractivity contribution is 5.82. The molecule has 132 valence electrons. The molecular weight excluding hydrogens is 332 g/mol. The molecule has 2 heterocycles. The zero-order valence-corrected chi connectivity index (χ0v) is 13.2. The van der Waals surface area contributed by atoms with Crippen LogP contribution in [0.5, 0.6) is 11.6 Å². The van der Waals surface area contributed by atoms with Gasteiger partial charge in [-0.25, -0.2) is 13.8 Å². The maximum Gasteiger partial charge on any atom is 0.237 e. The van der Waals surface area contributed by atoms with E-state index in [1.165, 1.54) is 12.3 Å². The minimum Gasteiger partial charge on any atom is -0.439 e. The largest absolute Gasteiger partial charge is 0.439 e. The van der Waals surface area contributed by atoms with E-state index in [9.17, 15) is 18.7 Å². The van der Waals surface area contributed by atoms with Gasteiger partial charge in [0.15, 0.2) is 11.6 Å². The SMILES string of the molecule is O=C(NCc1cccnc1Oc1ccc(F)c(F)c1)[C@@H]1C[C@@H](O)CN1. The van der Waals surface area contributed by atoms with E-state index in [2.05, 4.69) is 15.6 Å². The quantitative estimate of drug-likeness (QED) is 0.762. The molecule has 0 aliphatic carbocycles. The number of carbonyl (C=O) groups excluding carboxylic acids is 1. The number of halogens is 2. The number of aliphatic hydroxyl groups excluding tert-OH is 1. The summed E-state index contributed by atoms with van der Waals surface area (Å²) in [6.45, 7) is 0.537. The summed E-state index contributed by atoms with van der Waals surface area (Å²) in [5.74, 6) is -1.93. The molecule has 0 unspecified atom stereocenters. The zero-order chi connectivity index (χ0) is 17.8. The minimum atomic E-state index is -1.02. The second kappa shape index (κ2) is 7.54. The maximum atomic E-state index is 13.3. The molecule has 1 aromatic carbocycles. The molecule has 3 N–H and O–H groups in total. The van der Waals surface area contributed by atoms with Crippen molar-refractivity contribution in [3.05, 3.63) is 53.7 Å². The number of nitrogens with zero attached hydrogens (tertiary/aromatic N) is 1. The van der Waals surface area contributed by atoms with E-state index in [-0.39, 0.29) is 24.1 Å². The highest BCUT2D eigenvalue weighted by Crippen LogP contribution is 2.24. The number of hydrogen-bond acceptors (Lipinski definition) is 5. The number of hydrogen-bond donors (Lipinski definition) is 3. The van der Waals surface area contributed by atoms with Crippen LogP contribution in [0, 0.1) is 11.6 Å². The monoisotopic (exact) mass is 349 g/mol. The third-order valence-corrected chi connectivity index (χ3v) is 3.83. The lowest BCUT2D eigenvalue weighted by Gasteiger charge is -2.13. The molecule has 1 aromatic heterocycles. The number of aromatic nitrogens is 1. The van der Waals surface area contributed by atoms with E-state index >= 15 is 0 Å². The molecule has 1 aliphatic rings. The van der Waals surface area contributed by atoms with Gasteiger partial charge < -0.3 is 20.5 Å². The molecule has 0 spiro atoms. The van der Waals surface area contributed by atoms with Gasteiger partial charge in [0.25, 0.3) is 0 Å². The predicted octanol–water partition coefficient (Wildman–Crippen LogP) is 1.49. The number of pyridine rings is 1. The number of nitrogens with one attached hydrogen (secondary N) is 2. The van der Waals surface area contributed by atoms with Gasteiger partial charge in [0, 0.05) is 30.9 Å². The van der Waals surface area contributed by atoms with Crippen molar-refractivity contribution in [3.63, 3.8) is 0 Å².